The van der Waals surface area contributed by atoms with Gasteiger partial charge in [-0.3, -0.25) is 20.4 Å². The summed E-state index contributed by atoms with van der Waals surface area (Å²) in [6.45, 7) is 4.94. The Balaban J connectivity index is 1.65. The Morgan fingerprint density at radius 2 is 1.79 bits per heavy atom. The van der Waals surface area contributed by atoms with Crippen LogP contribution in [0.15, 0.2) is 24.3 Å². The van der Waals surface area contributed by atoms with Gasteiger partial charge in [-0.15, -0.1) is 0 Å². The van der Waals surface area contributed by atoms with Gasteiger partial charge in [0.05, 0.1) is 6.61 Å². The van der Waals surface area contributed by atoms with E-state index in [2.05, 4.69) is 30.0 Å². The van der Waals surface area contributed by atoms with Crippen molar-refractivity contribution in [1.82, 2.24) is 16.2 Å². The summed E-state index contributed by atoms with van der Waals surface area (Å²) in [5, 5.41) is 2.71. The fourth-order valence-corrected chi connectivity index (χ4v) is 3.50. The van der Waals surface area contributed by atoms with Gasteiger partial charge in [-0.05, 0) is 61.2 Å². The maximum atomic E-state index is 12.2. The summed E-state index contributed by atoms with van der Waals surface area (Å²) in [5.41, 5.74) is 5.55. The van der Waals surface area contributed by atoms with Gasteiger partial charge < -0.3 is 10.1 Å². The lowest BCUT2D eigenvalue weighted by Gasteiger charge is -2.21. The average molecular weight is 420 g/mol. The topological polar surface area (TPSA) is 79.5 Å². The van der Waals surface area contributed by atoms with Crippen LogP contribution in [0.3, 0.4) is 0 Å². The molecule has 0 aromatic heterocycles. The van der Waals surface area contributed by atoms with E-state index in [1.54, 1.807) is 24.3 Å². The van der Waals surface area contributed by atoms with Gasteiger partial charge in [-0.25, -0.2) is 0 Å². The number of hydrogen-bond acceptors (Lipinski definition) is 4. The number of ether oxygens (including phenoxy) is 1. The van der Waals surface area contributed by atoms with Gasteiger partial charge in [0, 0.05) is 12.0 Å². The minimum Gasteiger partial charge on any atom is -0.494 e. The molecular weight excluding hydrogens is 386 g/mol. The Morgan fingerprint density at radius 3 is 2.45 bits per heavy atom. The summed E-state index contributed by atoms with van der Waals surface area (Å²) >= 11 is 5.08. The van der Waals surface area contributed by atoms with E-state index in [1.807, 2.05) is 0 Å². The second-order valence-electron chi connectivity index (χ2n) is 8.05. The zero-order valence-electron chi connectivity index (χ0n) is 17.5. The predicted octanol–water partition coefficient (Wildman–Crippen LogP) is 4.11. The molecule has 2 rings (SSSR count). The molecule has 1 aromatic rings. The zero-order valence-corrected chi connectivity index (χ0v) is 18.3. The molecule has 0 unspecified atom stereocenters. The van der Waals surface area contributed by atoms with Crippen molar-refractivity contribution in [2.75, 3.05) is 6.61 Å². The molecule has 2 amide bonds. The van der Waals surface area contributed by atoms with Crippen molar-refractivity contribution in [3.63, 3.8) is 0 Å². The van der Waals surface area contributed by atoms with Crippen molar-refractivity contribution in [2.45, 2.75) is 65.2 Å². The third-order valence-electron chi connectivity index (χ3n) is 5.13. The van der Waals surface area contributed by atoms with Crippen LogP contribution in [0.25, 0.3) is 0 Å². The first-order chi connectivity index (χ1) is 13.9. The molecule has 0 heterocycles. The number of carbonyl (C=O) groups is 2. The van der Waals surface area contributed by atoms with Crippen LogP contribution in [-0.2, 0) is 4.79 Å². The highest BCUT2D eigenvalue weighted by atomic mass is 32.1. The molecule has 1 saturated carbocycles. The van der Waals surface area contributed by atoms with Crippen LogP contribution in [0, 0.1) is 11.8 Å². The molecule has 160 valence electrons. The number of hydrogen-bond donors (Lipinski definition) is 3. The summed E-state index contributed by atoms with van der Waals surface area (Å²) in [6, 6.07) is 6.91. The molecule has 0 saturated heterocycles. The third-order valence-corrected chi connectivity index (χ3v) is 5.33. The van der Waals surface area contributed by atoms with Crippen molar-refractivity contribution in [2.24, 2.45) is 11.8 Å². The summed E-state index contributed by atoms with van der Waals surface area (Å²) < 4.78 is 5.64. The first kappa shape index (κ1) is 23.1. The maximum absolute atomic E-state index is 12.2. The standard InChI is InChI=1S/C22H33N3O3S/c1-16(2)14-15-28-19-11-9-18(10-12-19)21(27)24-25-22(29)23-20(26)13-8-17-6-4-3-5-7-17/h9-12,16-17H,3-8,13-15H2,1-2H3,(H,24,27)(H2,23,25,26,29). The summed E-state index contributed by atoms with van der Waals surface area (Å²) in [6.07, 6.45) is 8.61. The van der Waals surface area contributed by atoms with Crippen LogP contribution in [0.1, 0.15) is 75.6 Å². The summed E-state index contributed by atoms with van der Waals surface area (Å²) in [7, 11) is 0. The first-order valence-corrected chi connectivity index (χ1v) is 11.0. The molecule has 6 nitrogen and oxygen atoms in total. The van der Waals surface area contributed by atoms with Gasteiger partial charge in [0.15, 0.2) is 5.11 Å². The lowest BCUT2D eigenvalue weighted by Crippen LogP contribution is -2.48. The lowest BCUT2D eigenvalue weighted by atomic mass is 9.86. The number of nitrogens with one attached hydrogen (secondary N) is 3. The number of thiocarbonyl (C=S) groups is 1. The van der Waals surface area contributed by atoms with Crippen LogP contribution < -0.4 is 20.9 Å². The fraction of sp³-hybridized carbons (Fsp3) is 0.591. The van der Waals surface area contributed by atoms with Crippen LogP contribution in [0.5, 0.6) is 5.75 Å². The molecule has 7 heteroatoms. The van der Waals surface area contributed by atoms with Gasteiger partial charge in [-0.1, -0.05) is 46.0 Å². The van der Waals surface area contributed by atoms with Crippen LogP contribution in [-0.4, -0.2) is 23.5 Å². The second kappa shape index (κ2) is 12.4. The molecular formula is C22H33N3O3S. The molecule has 29 heavy (non-hydrogen) atoms. The highest BCUT2D eigenvalue weighted by Crippen LogP contribution is 2.27. The van der Waals surface area contributed by atoms with E-state index >= 15 is 0 Å². The SMILES string of the molecule is CC(C)CCOc1ccc(C(=O)NNC(=S)NC(=O)CCC2CCCCC2)cc1. The first-order valence-electron chi connectivity index (χ1n) is 10.6. The molecule has 1 fully saturated rings. The van der Waals surface area contributed by atoms with Gasteiger partial charge in [0.2, 0.25) is 5.91 Å². The van der Waals surface area contributed by atoms with Crippen LogP contribution >= 0.6 is 12.2 Å². The van der Waals surface area contributed by atoms with Crippen molar-refractivity contribution < 1.29 is 14.3 Å². The number of carbonyl (C=O) groups excluding carboxylic acids is 2. The molecule has 0 aliphatic heterocycles. The molecule has 0 atom stereocenters. The molecule has 1 aliphatic rings. The quantitative estimate of drug-likeness (QED) is 0.437. The smallest absolute Gasteiger partial charge is 0.269 e. The molecule has 1 aromatic carbocycles. The van der Waals surface area contributed by atoms with Crippen molar-refractivity contribution >= 4 is 29.1 Å². The molecule has 0 radical (unpaired) electrons. The Kier molecular flexibility index (Phi) is 9.91. The van der Waals surface area contributed by atoms with Crippen molar-refractivity contribution in [1.29, 1.82) is 0 Å². The minimum atomic E-state index is -0.336. The Labute approximate surface area is 179 Å². The number of benzene rings is 1. The van der Waals surface area contributed by atoms with E-state index in [0.717, 1.165) is 18.6 Å². The second-order valence-corrected chi connectivity index (χ2v) is 8.46. The highest BCUT2D eigenvalue weighted by molar-refractivity contribution is 7.80. The normalized spacial score (nSPS) is 14.3. The summed E-state index contributed by atoms with van der Waals surface area (Å²) in [5.74, 6) is 1.51. The molecule has 3 N–H and O–H groups in total. The van der Waals surface area contributed by atoms with E-state index in [9.17, 15) is 9.59 Å². The largest absolute Gasteiger partial charge is 0.494 e. The zero-order chi connectivity index (χ0) is 21.1. The van der Waals surface area contributed by atoms with E-state index in [4.69, 9.17) is 17.0 Å². The van der Waals surface area contributed by atoms with E-state index in [-0.39, 0.29) is 16.9 Å². The Morgan fingerprint density at radius 1 is 1.10 bits per heavy atom. The molecule has 0 bridgehead atoms. The molecule has 1 aliphatic carbocycles. The van der Waals surface area contributed by atoms with E-state index < -0.39 is 0 Å². The highest BCUT2D eigenvalue weighted by Gasteiger charge is 2.15. The van der Waals surface area contributed by atoms with Gasteiger partial charge in [0.25, 0.3) is 5.91 Å². The van der Waals surface area contributed by atoms with Crippen molar-refractivity contribution in [3.8, 4) is 5.75 Å². The molecule has 0 spiro atoms. The fourth-order valence-electron chi connectivity index (χ4n) is 3.33. The lowest BCUT2D eigenvalue weighted by molar-refractivity contribution is -0.120. The van der Waals surface area contributed by atoms with Gasteiger partial charge in [-0.2, -0.15) is 0 Å². The van der Waals surface area contributed by atoms with E-state index in [1.165, 1.54) is 32.1 Å². The average Bonchev–Trinajstić information content (AvgIpc) is 2.71. The van der Waals surface area contributed by atoms with Crippen LogP contribution in [0.2, 0.25) is 0 Å². The maximum Gasteiger partial charge on any atom is 0.269 e. The van der Waals surface area contributed by atoms with E-state index in [0.29, 0.717) is 30.4 Å². The predicted molar refractivity (Wildman–Crippen MR) is 119 cm³/mol. The van der Waals surface area contributed by atoms with Crippen LogP contribution in [0.4, 0.5) is 0 Å². The number of amides is 2. The van der Waals surface area contributed by atoms with Crippen molar-refractivity contribution in [3.05, 3.63) is 29.8 Å². The Hall–Kier alpha value is -2.15. The Bertz CT molecular complexity index is 670. The van der Waals surface area contributed by atoms with Gasteiger partial charge in [0.1, 0.15) is 5.75 Å². The monoisotopic (exact) mass is 419 g/mol. The summed E-state index contributed by atoms with van der Waals surface area (Å²) in [4.78, 5) is 24.2. The number of hydrazine groups is 1. The van der Waals surface area contributed by atoms with Gasteiger partial charge >= 0.3 is 0 Å². The minimum absolute atomic E-state index is 0.0978. The third kappa shape index (κ3) is 9.26. The number of rotatable bonds is 8.